The van der Waals surface area contributed by atoms with Crippen molar-refractivity contribution in [2.75, 3.05) is 0 Å². The Kier molecular flexibility index (Phi) is 5.38. The van der Waals surface area contributed by atoms with Crippen LogP contribution in [0.15, 0.2) is 24.3 Å². The molecule has 1 aromatic carbocycles. The van der Waals surface area contributed by atoms with Crippen molar-refractivity contribution in [3.05, 3.63) is 34.9 Å². The molecule has 0 N–H and O–H groups in total. The van der Waals surface area contributed by atoms with Crippen molar-refractivity contribution in [1.29, 1.82) is 0 Å². The molecule has 1 fully saturated rings. The van der Waals surface area contributed by atoms with E-state index in [9.17, 15) is 0 Å². The van der Waals surface area contributed by atoms with Crippen LogP contribution < -0.4 is 0 Å². The highest BCUT2D eigenvalue weighted by atomic mass is 35.5. The van der Waals surface area contributed by atoms with Gasteiger partial charge in [0.05, 0.1) is 0 Å². The molecule has 1 saturated carbocycles. The average molecular weight is 251 g/mol. The third kappa shape index (κ3) is 4.71. The molecule has 0 aliphatic heterocycles. The van der Waals surface area contributed by atoms with E-state index in [-0.39, 0.29) is 0 Å². The minimum atomic E-state index is 0.847. The Balaban J connectivity index is 1.77. The van der Waals surface area contributed by atoms with Gasteiger partial charge < -0.3 is 0 Å². The van der Waals surface area contributed by atoms with E-state index >= 15 is 0 Å². The van der Waals surface area contributed by atoms with Crippen LogP contribution in [0.25, 0.3) is 0 Å². The van der Waals surface area contributed by atoms with Crippen molar-refractivity contribution < 1.29 is 0 Å². The molecule has 1 aromatic rings. The summed E-state index contributed by atoms with van der Waals surface area (Å²) in [7, 11) is 0. The largest absolute Gasteiger partial charge is 0.0843 e. The number of benzene rings is 1. The lowest BCUT2D eigenvalue weighted by Gasteiger charge is -2.19. The Hall–Kier alpha value is -0.490. The van der Waals surface area contributed by atoms with E-state index in [1.807, 2.05) is 12.1 Å². The smallest absolute Gasteiger partial charge is 0.0406 e. The molecule has 0 atom stereocenters. The molecular weight excluding hydrogens is 228 g/mol. The highest BCUT2D eigenvalue weighted by Crippen LogP contribution is 2.26. The lowest BCUT2D eigenvalue weighted by molar-refractivity contribution is 0.359. The van der Waals surface area contributed by atoms with Gasteiger partial charge in [0.15, 0.2) is 0 Å². The van der Waals surface area contributed by atoms with Gasteiger partial charge in [-0.15, -0.1) is 0 Å². The Morgan fingerprint density at radius 2 is 1.47 bits per heavy atom. The summed E-state index contributed by atoms with van der Waals surface area (Å²) in [5.74, 6) is 0.964. The summed E-state index contributed by atoms with van der Waals surface area (Å²) in [6, 6.07) is 8.36. The summed E-state index contributed by atoms with van der Waals surface area (Å²) in [5.41, 5.74) is 1.44. The Morgan fingerprint density at radius 1 is 0.882 bits per heavy atom. The molecule has 0 aromatic heterocycles. The van der Waals surface area contributed by atoms with Crippen LogP contribution in [0.2, 0.25) is 5.02 Å². The van der Waals surface area contributed by atoms with Gasteiger partial charge in [-0.2, -0.15) is 0 Å². The molecule has 17 heavy (non-hydrogen) atoms. The quantitative estimate of drug-likeness (QED) is 0.652. The molecule has 1 aliphatic rings. The lowest BCUT2D eigenvalue weighted by atomic mass is 9.87. The van der Waals surface area contributed by atoms with E-state index in [0.29, 0.717) is 0 Å². The summed E-state index contributed by atoms with van der Waals surface area (Å²) < 4.78 is 0. The van der Waals surface area contributed by atoms with E-state index in [0.717, 1.165) is 10.9 Å². The van der Waals surface area contributed by atoms with Crippen LogP contribution in [-0.4, -0.2) is 0 Å². The predicted octanol–water partition coefficient (Wildman–Crippen LogP) is 5.63. The van der Waals surface area contributed by atoms with Crippen molar-refractivity contribution in [3.63, 3.8) is 0 Å². The van der Waals surface area contributed by atoms with Crippen LogP contribution in [0.1, 0.15) is 56.9 Å². The highest BCUT2D eigenvalue weighted by Gasteiger charge is 2.11. The van der Waals surface area contributed by atoms with Crippen molar-refractivity contribution in [3.8, 4) is 0 Å². The van der Waals surface area contributed by atoms with Crippen LogP contribution in [0.5, 0.6) is 0 Å². The molecule has 0 bridgehead atoms. The number of rotatable bonds is 3. The zero-order valence-electron chi connectivity index (χ0n) is 10.6. The van der Waals surface area contributed by atoms with Crippen molar-refractivity contribution in [2.45, 2.75) is 57.8 Å². The molecule has 0 nitrogen and oxygen atoms in total. The van der Waals surface area contributed by atoms with Crippen molar-refractivity contribution in [1.82, 2.24) is 0 Å². The van der Waals surface area contributed by atoms with Crippen molar-refractivity contribution in [2.24, 2.45) is 5.92 Å². The second-order valence-electron chi connectivity index (χ2n) is 5.38. The second-order valence-corrected chi connectivity index (χ2v) is 5.81. The van der Waals surface area contributed by atoms with Gasteiger partial charge in [0, 0.05) is 5.02 Å². The predicted molar refractivity (Wildman–Crippen MR) is 75.6 cm³/mol. The fourth-order valence-corrected chi connectivity index (χ4v) is 2.98. The van der Waals surface area contributed by atoms with Crippen LogP contribution in [0, 0.1) is 5.92 Å². The van der Waals surface area contributed by atoms with Gasteiger partial charge >= 0.3 is 0 Å². The maximum Gasteiger partial charge on any atom is 0.0406 e. The SMILES string of the molecule is Clc1ccc(CCC2CCCCCCC2)cc1. The standard InChI is InChI=1S/C16H23Cl/c17-16-12-10-15(11-13-16)9-8-14-6-4-2-1-3-5-7-14/h10-14H,1-9H2. The van der Waals surface area contributed by atoms with Gasteiger partial charge in [-0.05, 0) is 36.5 Å². The first-order chi connectivity index (χ1) is 8.34. The summed E-state index contributed by atoms with van der Waals surface area (Å²) in [5, 5.41) is 0.847. The minimum absolute atomic E-state index is 0.847. The molecule has 0 unspecified atom stereocenters. The molecule has 0 spiro atoms. The van der Waals surface area contributed by atoms with E-state index in [4.69, 9.17) is 11.6 Å². The molecule has 2 rings (SSSR count). The molecule has 1 heteroatoms. The van der Waals surface area contributed by atoms with Crippen LogP contribution in [0.4, 0.5) is 0 Å². The van der Waals surface area contributed by atoms with Gasteiger partial charge in [0.1, 0.15) is 0 Å². The normalized spacial score (nSPS) is 18.6. The number of halogens is 1. The number of hydrogen-bond acceptors (Lipinski definition) is 0. The first-order valence-electron chi connectivity index (χ1n) is 7.09. The van der Waals surface area contributed by atoms with E-state index in [1.54, 1.807) is 0 Å². The number of hydrogen-bond donors (Lipinski definition) is 0. The Bertz CT molecular complexity index is 307. The van der Waals surface area contributed by atoms with Gasteiger partial charge in [0.2, 0.25) is 0 Å². The molecule has 0 amide bonds. The highest BCUT2D eigenvalue weighted by molar-refractivity contribution is 6.30. The summed E-state index contributed by atoms with van der Waals surface area (Å²) in [6.07, 6.45) is 12.8. The zero-order valence-corrected chi connectivity index (χ0v) is 11.4. The average Bonchev–Trinajstić information content (AvgIpc) is 2.30. The molecule has 0 saturated heterocycles. The van der Waals surface area contributed by atoms with Crippen LogP contribution >= 0.6 is 11.6 Å². The fraction of sp³-hybridized carbons (Fsp3) is 0.625. The fourth-order valence-electron chi connectivity index (χ4n) is 2.85. The first kappa shape index (κ1) is 13.0. The van der Waals surface area contributed by atoms with Gasteiger partial charge in [-0.3, -0.25) is 0 Å². The minimum Gasteiger partial charge on any atom is -0.0843 e. The first-order valence-corrected chi connectivity index (χ1v) is 7.47. The summed E-state index contributed by atoms with van der Waals surface area (Å²) in [6.45, 7) is 0. The topological polar surface area (TPSA) is 0 Å². The second kappa shape index (κ2) is 7.06. The van der Waals surface area contributed by atoms with Gasteiger partial charge in [-0.1, -0.05) is 68.7 Å². The number of aryl methyl sites for hydroxylation is 1. The molecule has 0 radical (unpaired) electrons. The summed E-state index contributed by atoms with van der Waals surface area (Å²) in [4.78, 5) is 0. The Morgan fingerprint density at radius 3 is 2.12 bits per heavy atom. The third-order valence-electron chi connectivity index (χ3n) is 3.98. The molecule has 1 aliphatic carbocycles. The third-order valence-corrected chi connectivity index (χ3v) is 4.23. The Labute approximate surface area is 110 Å². The zero-order chi connectivity index (χ0) is 11.9. The maximum absolute atomic E-state index is 5.90. The van der Waals surface area contributed by atoms with Crippen molar-refractivity contribution >= 4 is 11.6 Å². The monoisotopic (exact) mass is 250 g/mol. The molecule has 0 heterocycles. The summed E-state index contributed by atoms with van der Waals surface area (Å²) >= 11 is 5.90. The molecular formula is C16H23Cl. The van der Waals surface area contributed by atoms with Gasteiger partial charge in [0.25, 0.3) is 0 Å². The lowest BCUT2D eigenvalue weighted by Crippen LogP contribution is -2.05. The van der Waals surface area contributed by atoms with Crippen LogP contribution in [-0.2, 0) is 6.42 Å². The molecule has 94 valence electrons. The van der Waals surface area contributed by atoms with Gasteiger partial charge in [-0.25, -0.2) is 0 Å². The van der Waals surface area contributed by atoms with E-state index < -0.39 is 0 Å². The van der Waals surface area contributed by atoms with Crippen LogP contribution in [0.3, 0.4) is 0 Å². The maximum atomic E-state index is 5.90. The van der Waals surface area contributed by atoms with E-state index in [1.165, 1.54) is 63.4 Å². The van der Waals surface area contributed by atoms with E-state index in [2.05, 4.69) is 12.1 Å².